The van der Waals surface area contributed by atoms with Crippen molar-refractivity contribution >= 4 is 33.7 Å². The molecule has 0 bridgehead atoms. The lowest BCUT2D eigenvalue weighted by Crippen LogP contribution is -2.23. The van der Waals surface area contributed by atoms with Crippen LogP contribution in [0.1, 0.15) is 57.8 Å². The van der Waals surface area contributed by atoms with Crippen LogP contribution in [0, 0.1) is 5.41 Å². The largest absolute Gasteiger partial charge is 0.461 e. The van der Waals surface area contributed by atoms with Crippen molar-refractivity contribution in [2.75, 3.05) is 5.73 Å². The quantitative estimate of drug-likeness (QED) is 0.292. The van der Waals surface area contributed by atoms with Crippen molar-refractivity contribution in [3.63, 3.8) is 0 Å². The second kappa shape index (κ2) is 10.2. The lowest BCUT2D eigenvalue weighted by atomic mass is 9.87. The number of benzene rings is 2. The minimum atomic E-state index is -0.169. The van der Waals surface area contributed by atoms with Crippen LogP contribution < -0.4 is 5.73 Å². The van der Waals surface area contributed by atoms with Crippen molar-refractivity contribution in [2.45, 2.75) is 66.0 Å². The standard InChI is InChI=1S/C28H34N4O2/c1-4-5-15-23-31-25-26(21-13-9-10-14-22(21)30-27(25)29)32(23)19-28(2,3)17-16-24(33)34-18-20-11-7-6-8-12-20/h6-14H,4-5,15-19H2,1-3H3,(H2,29,30). The second-order valence-electron chi connectivity index (χ2n) is 9.74. The highest BCUT2D eigenvalue weighted by molar-refractivity contribution is 6.06. The Kier molecular flexibility index (Phi) is 7.15. The number of imidazole rings is 1. The number of nitrogens with two attached hydrogens (primary N) is 1. The average Bonchev–Trinajstić information content (AvgIpc) is 3.19. The zero-order chi connectivity index (χ0) is 24.1. The van der Waals surface area contributed by atoms with Crippen LogP contribution >= 0.6 is 0 Å². The minimum Gasteiger partial charge on any atom is -0.461 e. The van der Waals surface area contributed by atoms with Crippen molar-refractivity contribution < 1.29 is 9.53 Å². The van der Waals surface area contributed by atoms with Crippen molar-refractivity contribution in [3.8, 4) is 0 Å². The molecule has 0 aliphatic heterocycles. The normalized spacial score (nSPS) is 11.9. The minimum absolute atomic E-state index is 0.139. The van der Waals surface area contributed by atoms with Crippen LogP contribution in [-0.4, -0.2) is 20.5 Å². The number of esters is 1. The molecule has 4 rings (SSSR count). The van der Waals surface area contributed by atoms with E-state index >= 15 is 0 Å². The Morgan fingerprint density at radius 3 is 2.56 bits per heavy atom. The van der Waals surface area contributed by atoms with Crippen LogP contribution in [-0.2, 0) is 29.1 Å². The molecule has 0 aliphatic carbocycles. The summed E-state index contributed by atoms with van der Waals surface area (Å²) in [7, 11) is 0. The van der Waals surface area contributed by atoms with Crippen molar-refractivity contribution in [1.29, 1.82) is 0 Å². The van der Waals surface area contributed by atoms with Gasteiger partial charge in [-0.2, -0.15) is 0 Å². The van der Waals surface area contributed by atoms with Gasteiger partial charge in [-0.25, -0.2) is 9.97 Å². The van der Waals surface area contributed by atoms with Gasteiger partial charge in [0.25, 0.3) is 0 Å². The summed E-state index contributed by atoms with van der Waals surface area (Å²) in [6.07, 6.45) is 4.12. The maximum atomic E-state index is 12.4. The van der Waals surface area contributed by atoms with E-state index in [1.165, 1.54) is 0 Å². The first-order chi connectivity index (χ1) is 16.4. The molecule has 34 heavy (non-hydrogen) atoms. The number of nitrogen functional groups attached to an aromatic ring is 1. The Bertz CT molecular complexity index is 1280. The first kappa shape index (κ1) is 23.7. The molecular weight excluding hydrogens is 424 g/mol. The number of hydrogen-bond acceptors (Lipinski definition) is 5. The van der Waals surface area contributed by atoms with Gasteiger partial charge in [-0.1, -0.05) is 75.7 Å². The highest BCUT2D eigenvalue weighted by Crippen LogP contribution is 2.33. The molecule has 0 saturated carbocycles. The number of aryl methyl sites for hydroxylation is 1. The third-order valence-electron chi connectivity index (χ3n) is 6.28. The Morgan fingerprint density at radius 2 is 1.79 bits per heavy atom. The summed E-state index contributed by atoms with van der Waals surface area (Å²) in [6.45, 7) is 7.62. The number of anilines is 1. The summed E-state index contributed by atoms with van der Waals surface area (Å²) < 4.78 is 7.80. The van der Waals surface area contributed by atoms with Gasteiger partial charge in [-0.3, -0.25) is 4.79 Å². The summed E-state index contributed by atoms with van der Waals surface area (Å²) in [5, 5.41) is 1.06. The predicted octanol–water partition coefficient (Wildman–Crippen LogP) is 6.06. The number of carbonyl (C=O) groups is 1. The summed E-state index contributed by atoms with van der Waals surface area (Å²) >= 11 is 0. The fraction of sp³-hybridized carbons (Fsp3) is 0.393. The average molecular weight is 459 g/mol. The van der Waals surface area contributed by atoms with Gasteiger partial charge in [-0.05, 0) is 29.9 Å². The third-order valence-corrected chi connectivity index (χ3v) is 6.28. The fourth-order valence-electron chi connectivity index (χ4n) is 4.36. The summed E-state index contributed by atoms with van der Waals surface area (Å²) in [6, 6.07) is 17.8. The lowest BCUT2D eigenvalue weighted by Gasteiger charge is -2.26. The number of nitrogens with zero attached hydrogens (tertiary/aromatic N) is 3. The predicted molar refractivity (Wildman–Crippen MR) is 137 cm³/mol. The van der Waals surface area contributed by atoms with Crippen LogP contribution in [0.2, 0.25) is 0 Å². The molecule has 0 unspecified atom stereocenters. The molecule has 6 heteroatoms. The molecule has 0 atom stereocenters. The summed E-state index contributed by atoms with van der Waals surface area (Å²) in [5.41, 5.74) is 9.86. The van der Waals surface area contributed by atoms with E-state index in [9.17, 15) is 4.79 Å². The van der Waals surface area contributed by atoms with E-state index in [2.05, 4.69) is 36.4 Å². The number of ether oxygens (including phenoxy) is 1. The van der Waals surface area contributed by atoms with Crippen LogP contribution in [0.25, 0.3) is 21.9 Å². The monoisotopic (exact) mass is 458 g/mol. The smallest absolute Gasteiger partial charge is 0.306 e. The molecule has 6 nitrogen and oxygen atoms in total. The molecular formula is C28H34N4O2. The van der Waals surface area contributed by atoms with Crippen molar-refractivity contribution in [2.24, 2.45) is 5.41 Å². The summed E-state index contributed by atoms with van der Waals surface area (Å²) in [4.78, 5) is 21.9. The number of unbranched alkanes of at least 4 members (excludes halogenated alkanes) is 1. The highest BCUT2D eigenvalue weighted by Gasteiger charge is 2.25. The van der Waals surface area contributed by atoms with Gasteiger partial charge in [0.05, 0.1) is 11.0 Å². The molecule has 0 fully saturated rings. The van der Waals surface area contributed by atoms with Crippen LogP contribution in [0.4, 0.5) is 5.82 Å². The first-order valence-electron chi connectivity index (χ1n) is 12.1. The van der Waals surface area contributed by atoms with Gasteiger partial charge >= 0.3 is 5.97 Å². The Labute approximate surface area is 201 Å². The highest BCUT2D eigenvalue weighted by atomic mass is 16.5. The summed E-state index contributed by atoms with van der Waals surface area (Å²) in [5.74, 6) is 1.33. The number of hydrogen-bond donors (Lipinski definition) is 1. The van der Waals surface area contributed by atoms with E-state index in [0.717, 1.165) is 59.1 Å². The molecule has 0 aliphatic rings. The maximum Gasteiger partial charge on any atom is 0.306 e. The van der Waals surface area contributed by atoms with Gasteiger partial charge < -0.3 is 15.0 Å². The van der Waals surface area contributed by atoms with E-state index in [0.29, 0.717) is 25.3 Å². The number of aromatic nitrogens is 3. The number of para-hydroxylation sites is 1. The van der Waals surface area contributed by atoms with Gasteiger partial charge in [0.15, 0.2) is 5.82 Å². The Balaban J connectivity index is 1.56. The van der Waals surface area contributed by atoms with Crippen molar-refractivity contribution in [3.05, 3.63) is 66.0 Å². The third kappa shape index (κ3) is 5.38. The maximum absolute atomic E-state index is 12.4. The Morgan fingerprint density at radius 1 is 1.06 bits per heavy atom. The molecule has 2 heterocycles. The zero-order valence-corrected chi connectivity index (χ0v) is 20.4. The molecule has 0 saturated heterocycles. The molecule has 0 spiro atoms. The van der Waals surface area contributed by atoms with Gasteiger partial charge in [0.1, 0.15) is 17.9 Å². The molecule has 2 aromatic carbocycles. The van der Waals surface area contributed by atoms with E-state index < -0.39 is 0 Å². The van der Waals surface area contributed by atoms with Gasteiger partial charge in [0.2, 0.25) is 0 Å². The van der Waals surface area contributed by atoms with E-state index in [-0.39, 0.29) is 11.4 Å². The van der Waals surface area contributed by atoms with Crippen LogP contribution in [0.3, 0.4) is 0 Å². The number of carbonyl (C=O) groups excluding carboxylic acids is 1. The van der Waals surface area contributed by atoms with E-state index in [1.54, 1.807) is 0 Å². The second-order valence-corrected chi connectivity index (χ2v) is 9.74. The molecule has 2 aromatic heterocycles. The first-order valence-corrected chi connectivity index (χ1v) is 12.1. The fourth-order valence-corrected chi connectivity index (χ4v) is 4.36. The van der Waals surface area contributed by atoms with E-state index in [1.807, 2.05) is 48.5 Å². The van der Waals surface area contributed by atoms with Crippen molar-refractivity contribution in [1.82, 2.24) is 14.5 Å². The number of rotatable bonds is 10. The Hall–Kier alpha value is -3.41. The zero-order valence-electron chi connectivity index (χ0n) is 20.4. The number of pyridine rings is 1. The molecule has 2 N–H and O–H groups in total. The topological polar surface area (TPSA) is 83.0 Å². The van der Waals surface area contributed by atoms with Gasteiger partial charge in [-0.15, -0.1) is 0 Å². The molecule has 178 valence electrons. The van der Waals surface area contributed by atoms with Crippen LogP contribution in [0.5, 0.6) is 0 Å². The molecule has 0 radical (unpaired) electrons. The number of fused-ring (bicyclic) bond motifs is 3. The molecule has 0 amide bonds. The van der Waals surface area contributed by atoms with Gasteiger partial charge in [0, 0.05) is 24.8 Å². The lowest BCUT2D eigenvalue weighted by molar-refractivity contribution is -0.145. The SMILES string of the molecule is CCCCc1nc2c(N)nc3ccccc3c2n1CC(C)(C)CCC(=O)OCc1ccccc1. The molecule has 4 aromatic rings. The van der Waals surface area contributed by atoms with E-state index in [4.69, 9.17) is 15.5 Å². The van der Waals surface area contributed by atoms with Crippen LogP contribution in [0.15, 0.2) is 54.6 Å².